The molecule has 29 heavy (non-hydrogen) atoms. The third-order valence-corrected chi connectivity index (χ3v) is 4.97. The molecule has 0 spiro atoms. The number of nitrogen functional groups attached to an aromatic ring is 1. The van der Waals surface area contributed by atoms with Crippen molar-refractivity contribution < 1.29 is 0 Å². The molecular formula is C20H21N9. The minimum absolute atomic E-state index is 0.360. The molecule has 3 N–H and O–H groups in total. The highest BCUT2D eigenvalue weighted by Crippen LogP contribution is 2.23. The van der Waals surface area contributed by atoms with Gasteiger partial charge in [0.2, 0.25) is 0 Å². The third-order valence-electron chi connectivity index (χ3n) is 4.97. The van der Waals surface area contributed by atoms with Gasteiger partial charge in [-0.3, -0.25) is 9.97 Å². The molecule has 0 aromatic carbocycles. The first-order valence-corrected chi connectivity index (χ1v) is 9.63. The Kier molecular flexibility index (Phi) is 4.49. The normalized spacial score (nSPS) is 14.8. The van der Waals surface area contributed by atoms with Crippen molar-refractivity contribution in [2.75, 3.05) is 36.8 Å². The molecule has 0 unspecified atom stereocenters. The summed E-state index contributed by atoms with van der Waals surface area (Å²) in [7, 11) is 0. The van der Waals surface area contributed by atoms with Crippen molar-refractivity contribution in [2.45, 2.75) is 6.42 Å². The van der Waals surface area contributed by atoms with Crippen LogP contribution in [0.1, 0.15) is 6.42 Å². The van der Waals surface area contributed by atoms with E-state index in [1.54, 1.807) is 18.6 Å². The lowest BCUT2D eigenvalue weighted by molar-refractivity contribution is 0.724. The largest absolute Gasteiger partial charge is 0.382 e. The van der Waals surface area contributed by atoms with Gasteiger partial charge in [0, 0.05) is 31.2 Å². The smallest absolute Gasteiger partial charge is 0.156 e. The van der Waals surface area contributed by atoms with Crippen molar-refractivity contribution in [2.24, 2.45) is 0 Å². The number of hydrogen-bond acceptors (Lipinski definition) is 8. The second kappa shape index (κ2) is 7.44. The first-order chi connectivity index (χ1) is 14.3. The lowest BCUT2D eigenvalue weighted by Gasteiger charge is -2.21. The number of anilines is 2. The van der Waals surface area contributed by atoms with Gasteiger partial charge in [0.1, 0.15) is 17.3 Å². The van der Waals surface area contributed by atoms with Gasteiger partial charge >= 0.3 is 0 Å². The van der Waals surface area contributed by atoms with Crippen LogP contribution in [0.3, 0.4) is 0 Å². The third kappa shape index (κ3) is 3.47. The molecule has 0 radical (unpaired) electrons. The van der Waals surface area contributed by atoms with Gasteiger partial charge in [0.25, 0.3) is 0 Å². The summed E-state index contributed by atoms with van der Waals surface area (Å²) in [6.45, 7) is 3.94. The second-order valence-corrected chi connectivity index (χ2v) is 6.96. The summed E-state index contributed by atoms with van der Waals surface area (Å²) in [5.74, 6) is 2.09. The summed E-state index contributed by atoms with van der Waals surface area (Å²) in [6.07, 6.45) is 7.84. The number of nitrogens with zero attached hydrogens (tertiary/aromatic N) is 7. The van der Waals surface area contributed by atoms with Crippen LogP contribution in [-0.4, -0.2) is 55.9 Å². The minimum atomic E-state index is 0.360. The monoisotopic (exact) mass is 387 g/mol. The zero-order valence-electron chi connectivity index (χ0n) is 15.9. The van der Waals surface area contributed by atoms with Crippen LogP contribution in [0.4, 0.5) is 11.6 Å². The van der Waals surface area contributed by atoms with Crippen LogP contribution in [0.25, 0.3) is 28.1 Å². The van der Waals surface area contributed by atoms with Gasteiger partial charge in [0.05, 0.1) is 29.8 Å². The van der Waals surface area contributed by atoms with E-state index in [0.29, 0.717) is 17.2 Å². The summed E-state index contributed by atoms with van der Waals surface area (Å²) < 4.78 is 1.83. The quantitative estimate of drug-likeness (QED) is 0.546. The highest BCUT2D eigenvalue weighted by molar-refractivity contribution is 5.82. The van der Waals surface area contributed by atoms with Gasteiger partial charge in [0.15, 0.2) is 5.82 Å². The van der Waals surface area contributed by atoms with Crippen molar-refractivity contribution in [3.05, 3.63) is 49.1 Å². The van der Waals surface area contributed by atoms with Crippen LogP contribution in [0, 0.1) is 0 Å². The van der Waals surface area contributed by atoms with Gasteiger partial charge in [-0.1, -0.05) is 6.07 Å². The van der Waals surface area contributed by atoms with Crippen molar-refractivity contribution in [3.8, 4) is 17.2 Å². The number of nitrogens with one attached hydrogen (secondary N) is 1. The molecule has 0 amide bonds. The number of fused-ring (bicyclic) bond motifs is 1. The highest BCUT2D eigenvalue weighted by Gasteiger charge is 2.14. The van der Waals surface area contributed by atoms with Crippen LogP contribution >= 0.6 is 0 Å². The van der Waals surface area contributed by atoms with Crippen LogP contribution in [0.15, 0.2) is 49.1 Å². The van der Waals surface area contributed by atoms with Gasteiger partial charge < -0.3 is 16.0 Å². The molecular weight excluding hydrogens is 366 g/mol. The predicted octanol–water partition coefficient (Wildman–Crippen LogP) is 1.65. The Bertz CT molecular complexity index is 1150. The molecule has 146 valence electrons. The van der Waals surface area contributed by atoms with E-state index in [1.807, 2.05) is 22.9 Å². The molecule has 0 saturated carbocycles. The fraction of sp³-hybridized carbons (Fsp3) is 0.250. The molecule has 4 aromatic heterocycles. The Balaban J connectivity index is 1.55. The Labute approximate surface area is 167 Å². The maximum Gasteiger partial charge on any atom is 0.156 e. The van der Waals surface area contributed by atoms with Crippen molar-refractivity contribution in [1.82, 2.24) is 35.0 Å². The van der Waals surface area contributed by atoms with Crippen molar-refractivity contribution in [1.29, 1.82) is 0 Å². The molecule has 5 heterocycles. The van der Waals surface area contributed by atoms with E-state index in [9.17, 15) is 0 Å². The van der Waals surface area contributed by atoms with Crippen molar-refractivity contribution >= 4 is 22.5 Å². The topological polar surface area (TPSA) is 111 Å². The van der Waals surface area contributed by atoms with Gasteiger partial charge in [-0.25, -0.2) is 14.6 Å². The standard InChI is InChI=1S/C20H21N9/c21-18-13-23-12-16(26-18)15-9-17-14(10-24-15)11-25-29(17)20-4-1-3-19(27-20)28-7-2-5-22-6-8-28/h1,3-4,9-13,22H,2,5-8H2,(H2,21,26). The fourth-order valence-corrected chi connectivity index (χ4v) is 3.53. The summed E-state index contributed by atoms with van der Waals surface area (Å²) in [5.41, 5.74) is 7.99. The number of nitrogens with two attached hydrogens (primary N) is 1. The Morgan fingerprint density at radius 1 is 0.931 bits per heavy atom. The van der Waals surface area contributed by atoms with Gasteiger partial charge in [-0.2, -0.15) is 5.10 Å². The Hall–Kier alpha value is -3.59. The van der Waals surface area contributed by atoms with E-state index >= 15 is 0 Å². The second-order valence-electron chi connectivity index (χ2n) is 6.96. The number of rotatable bonds is 3. The molecule has 0 bridgehead atoms. The average Bonchev–Trinajstić information content (AvgIpc) is 2.98. The molecule has 1 aliphatic heterocycles. The average molecular weight is 387 g/mol. The maximum atomic E-state index is 5.77. The van der Waals surface area contributed by atoms with E-state index in [2.05, 4.69) is 36.3 Å². The number of pyridine rings is 2. The van der Waals surface area contributed by atoms with E-state index in [4.69, 9.17) is 10.7 Å². The number of hydrogen-bond donors (Lipinski definition) is 2. The van der Waals surface area contributed by atoms with Crippen LogP contribution in [-0.2, 0) is 0 Å². The van der Waals surface area contributed by atoms with Crippen molar-refractivity contribution in [3.63, 3.8) is 0 Å². The summed E-state index contributed by atoms with van der Waals surface area (Å²) in [5, 5.41) is 8.90. The Morgan fingerprint density at radius 2 is 1.86 bits per heavy atom. The first-order valence-electron chi connectivity index (χ1n) is 9.63. The predicted molar refractivity (Wildman–Crippen MR) is 112 cm³/mol. The summed E-state index contributed by atoms with van der Waals surface area (Å²) in [4.78, 5) is 20.1. The summed E-state index contributed by atoms with van der Waals surface area (Å²) >= 11 is 0. The lowest BCUT2D eigenvalue weighted by Crippen LogP contribution is -2.28. The molecule has 0 atom stereocenters. The molecule has 4 aromatic rings. The van der Waals surface area contributed by atoms with E-state index in [1.165, 1.54) is 6.20 Å². The van der Waals surface area contributed by atoms with Crippen LogP contribution in [0.2, 0.25) is 0 Å². The molecule has 1 fully saturated rings. The lowest BCUT2D eigenvalue weighted by atomic mass is 10.2. The van der Waals surface area contributed by atoms with Crippen LogP contribution in [0.5, 0.6) is 0 Å². The molecule has 9 heteroatoms. The summed E-state index contributed by atoms with van der Waals surface area (Å²) in [6, 6.07) is 7.98. The molecule has 0 aliphatic carbocycles. The van der Waals surface area contributed by atoms with Gasteiger partial charge in [-0.05, 0) is 31.2 Å². The highest BCUT2D eigenvalue weighted by atomic mass is 15.3. The van der Waals surface area contributed by atoms with Crippen LogP contribution < -0.4 is 16.0 Å². The zero-order chi connectivity index (χ0) is 19.6. The first kappa shape index (κ1) is 17.5. The number of aromatic nitrogens is 6. The van der Waals surface area contributed by atoms with E-state index in [-0.39, 0.29) is 0 Å². The molecule has 1 saturated heterocycles. The van der Waals surface area contributed by atoms with E-state index in [0.717, 1.165) is 55.1 Å². The Morgan fingerprint density at radius 3 is 2.79 bits per heavy atom. The maximum absolute atomic E-state index is 5.77. The SMILES string of the molecule is Nc1cncc(-c2cc3c(cn2)cnn3-c2cccc(N3CCCNCC3)n2)n1. The molecule has 5 rings (SSSR count). The molecule has 9 nitrogen and oxygen atoms in total. The zero-order valence-corrected chi connectivity index (χ0v) is 15.9. The minimum Gasteiger partial charge on any atom is -0.382 e. The molecule has 1 aliphatic rings. The van der Waals surface area contributed by atoms with Gasteiger partial charge in [-0.15, -0.1) is 0 Å². The fourth-order valence-electron chi connectivity index (χ4n) is 3.53. The van der Waals surface area contributed by atoms with E-state index < -0.39 is 0 Å².